The summed E-state index contributed by atoms with van der Waals surface area (Å²) >= 11 is 0. The van der Waals surface area contributed by atoms with Gasteiger partial charge >= 0.3 is 0 Å². The standard InChI is InChI=1S/C19H30N6O5S.CH4O/c1-13(17(27)24-16(11-26)9-6-10-22-19(20)21)23-18(28)14(2)25-31(29,30)12-15-7-4-3-5-8-15;1-2/h3-5,7-8,11,13-14,16,25H,6,9-10,12H2,1-2H3,(H,23,28)(H,24,27)(H4,20,21,22);2H,1H3/t13-,14?,16?;/m0./s1. The van der Waals surface area contributed by atoms with Crippen LogP contribution >= 0.6 is 0 Å². The van der Waals surface area contributed by atoms with Crippen molar-refractivity contribution in [2.24, 2.45) is 16.5 Å². The Balaban J connectivity index is 0.00000497. The van der Waals surface area contributed by atoms with Gasteiger partial charge in [0.1, 0.15) is 12.3 Å². The van der Waals surface area contributed by atoms with Crippen molar-refractivity contribution in [1.82, 2.24) is 15.4 Å². The van der Waals surface area contributed by atoms with Crippen molar-refractivity contribution in [3.63, 3.8) is 0 Å². The van der Waals surface area contributed by atoms with Crippen molar-refractivity contribution in [1.29, 1.82) is 0 Å². The molecule has 0 spiro atoms. The summed E-state index contributed by atoms with van der Waals surface area (Å²) in [6.45, 7) is 3.12. The van der Waals surface area contributed by atoms with Gasteiger partial charge in [0.15, 0.2) is 5.96 Å². The summed E-state index contributed by atoms with van der Waals surface area (Å²) in [6.07, 6.45) is 1.38. The van der Waals surface area contributed by atoms with Crippen LogP contribution in [0.25, 0.3) is 0 Å². The Morgan fingerprint density at radius 1 is 1.06 bits per heavy atom. The van der Waals surface area contributed by atoms with E-state index in [4.69, 9.17) is 16.6 Å². The number of amides is 2. The third-order valence-corrected chi connectivity index (χ3v) is 5.59. The zero-order chi connectivity index (χ0) is 25.4. The lowest BCUT2D eigenvalue weighted by molar-refractivity contribution is -0.130. The number of carbonyl (C=O) groups is 3. The minimum atomic E-state index is -3.76. The van der Waals surface area contributed by atoms with Crippen LogP contribution < -0.4 is 26.8 Å². The lowest BCUT2D eigenvalue weighted by atomic mass is 10.1. The minimum Gasteiger partial charge on any atom is -0.400 e. The van der Waals surface area contributed by atoms with E-state index in [0.29, 0.717) is 31.2 Å². The van der Waals surface area contributed by atoms with E-state index in [9.17, 15) is 22.8 Å². The fraction of sp³-hybridized carbons (Fsp3) is 0.500. The largest absolute Gasteiger partial charge is 0.400 e. The second-order valence-electron chi connectivity index (χ2n) is 7.01. The van der Waals surface area contributed by atoms with Gasteiger partial charge in [-0.05, 0) is 32.3 Å². The molecule has 0 saturated heterocycles. The van der Waals surface area contributed by atoms with Gasteiger partial charge in [-0.2, -0.15) is 0 Å². The number of aliphatic hydroxyl groups is 1. The maximum absolute atomic E-state index is 12.3. The molecule has 0 fully saturated rings. The molecule has 186 valence electrons. The maximum Gasteiger partial charge on any atom is 0.242 e. The molecule has 13 heteroatoms. The Kier molecular flexibility index (Phi) is 14.3. The molecule has 2 amide bonds. The van der Waals surface area contributed by atoms with E-state index in [1.807, 2.05) is 0 Å². The molecule has 8 N–H and O–H groups in total. The number of nitrogens with two attached hydrogens (primary N) is 2. The van der Waals surface area contributed by atoms with Gasteiger partial charge in [0, 0.05) is 13.7 Å². The van der Waals surface area contributed by atoms with Crippen LogP contribution in [0.4, 0.5) is 0 Å². The second-order valence-corrected chi connectivity index (χ2v) is 8.77. The number of carbonyl (C=O) groups excluding carboxylic acids is 3. The highest BCUT2D eigenvalue weighted by atomic mass is 32.2. The molecular weight excluding hydrogens is 452 g/mol. The first-order chi connectivity index (χ1) is 15.5. The number of guanidine groups is 1. The zero-order valence-corrected chi connectivity index (χ0v) is 19.8. The maximum atomic E-state index is 12.3. The van der Waals surface area contributed by atoms with E-state index in [0.717, 1.165) is 7.11 Å². The zero-order valence-electron chi connectivity index (χ0n) is 19.0. The highest BCUT2D eigenvalue weighted by molar-refractivity contribution is 7.88. The van der Waals surface area contributed by atoms with Crippen LogP contribution in [0.1, 0.15) is 32.3 Å². The van der Waals surface area contributed by atoms with E-state index in [1.165, 1.54) is 13.8 Å². The second kappa shape index (κ2) is 15.7. The SMILES string of the molecule is CC(NS(=O)(=O)Cc1ccccc1)C(=O)N[C@@H](C)C(=O)NC(C=O)CCCN=C(N)N.CO. The third kappa shape index (κ3) is 13.2. The van der Waals surface area contributed by atoms with Crippen LogP contribution in [-0.2, 0) is 30.2 Å². The summed E-state index contributed by atoms with van der Waals surface area (Å²) in [4.78, 5) is 39.5. The van der Waals surface area contributed by atoms with Gasteiger partial charge in [-0.25, -0.2) is 13.1 Å². The Morgan fingerprint density at radius 3 is 2.18 bits per heavy atom. The molecule has 0 aliphatic carbocycles. The van der Waals surface area contributed by atoms with Crippen LogP contribution in [-0.4, -0.2) is 69.4 Å². The van der Waals surface area contributed by atoms with Gasteiger partial charge in [0.2, 0.25) is 21.8 Å². The average Bonchev–Trinajstić information content (AvgIpc) is 2.76. The smallest absolute Gasteiger partial charge is 0.242 e. The Hall–Kier alpha value is -3.03. The number of hydrogen-bond acceptors (Lipinski definition) is 7. The lowest BCUT2D eigenvalue weighted by Crippen LogP contribution is -2.53. The van der Waals surface area contributed by atoms with Crippen molar-refractivity contribution < 1.29 is 27.9 Å². The van der Waals surface area contributed by atoms with E-state index < -0.39 is 40.0 Å². The molecule has 0 aromatic heterocycles. The molecule has 0 heterocycles. The molecular formula is C20H34N6O6S. The van der Waals surface area contributed by atoms with E-state index in [-0.39, 0.29) is 11.7 Å². The normalized spacial score (nSPS) is 13.3. The molecule has 0 bridgehead atoms. The quantitative estimate of drug-likeness (QED) is 0.0821. The molecule has 12 nitrogen and oxygen atoms in total. The molecule has 1 aromatic carbocycles. The lowest BCUT2D eigenvalue weighted by Gasteiger charge is -2.20. The summed E-state index contributed by atoms with van der Waals surface area (Å²) < 4.78 is 26.8. The predicted octanol–water partition coefficient (Wildman–Crippen LogP) is -1.65. The first kappa shape index (κ1) is 30.0. The fourth-order valence-corrected chi connectivity index (χ4v) is 3.92. The first-order valence-corrected chi connectivity index (χ1v) is 11.8. The van der Waals surface area contributed by atoms with Gasteiger partial charge in [-0.1, -0.05) is 30.3 Å². The van der Waals surface area contributed by atoms with Crippen molar-refractivity contribution in [3.05, 3.63) is 35.9 Å². The van der Waals surface area contributed by atoms with Gasteiger partial charge in [-0.15, -0.1) is 0 Å². The van der Waals surface area contributed by atoms with Crippen LogP contribution in [0.15, 0.2) is 35.3 Å². The monoisotopic (exact) mass is 486 g/mol. The molecule has 3 atom stereocenters. The minimum absolute atomic E-state index is 0.0588. The van der Waals surface area contributed by atoms with Crippen LogP contribution in [0.3, 0.4) is 0 Å². The van der Waals surface area contributed by atoms with Crippen molar-refractivity contribution in [2.45, 2.75) is 50.6 Å². The summed E-state index contributed by atoms with van der Waals surface area (Å²) in [5, 5.41) is 11.9. The van der Waals surface area contributed by atoms with Gasteiger partial charge in [-0.3, -0.25) is 14.6 Å². The Labute approximate surface area is 194 Å². The predicted molar refractivity (Wildman–Crippen MR) is 125 cm³/mol. The highest BCUT2D eigenvalue weighted by Crippen LogP contribution is 2.05. The Bertz CT molecular complexity index is 874. The highest BCUT2D eigenvalue weighted by Gasteiger charge is 2.24. The number of nitrogens with zero attached hydrogens (tertiary/aromatic N) is 1. The van der Waals surface area contributed by atoms with Crippen molar-refractivity contribution >= 4 is 34.1 Å². The van der Waals surface area contributed by atoms with Crippen LogP contribution in [0.2, 0.25) is 0 Å². The summed E-state index contributed by atoms with van der Waals surface area (Å²) in [5.74, 6) is -1.58. The number of nitrogens with one attached hydrogen (secondary N) is 3. The summed E-state index contributed by atoms with van der Waals surface area (Å²) in [6, 6.07) is 5.70. The number of rotatable bonds is 13. The fourth-order valence-electron chi connectivity index (χ4n) is 2.56. The summed E-state index contributed by atoms with van der Waals surface area (Å²) in [7, 11) is -2.76. The number of sulfonamides is 1. The topological polar surface area (TPSA) is 206 Å². The Morgan fingerprint density at radius 2 is 1.64 bits per heavy atom. The van der Waals surface area contributed by atoms with E-state index >= 15 is 0 Å². The summed E-state index contributed by atoms with van der Waals surface area (Å²) in [5.41, 5.74) is 11.0. The van der Waals surface area contributed by atoms with Crippen molar-refractivity contribution in [3.8, 4) is 0 Å². The molecule has 1 aromatic rings. The molecule has 0 aliphatic rings. The molecule has 0 aliphatic heterocycles. The average molecular weight is 487 g/mol. The third-order valence-electron chi connectivity index (χ3n) is 4.16. The number of benzene rings is 1. The van der Waals surface area contributed by atoms with E-state index in [2.05, 4.69) is 20.3 Å². The molecule has 2 unspecified atom stereocenters. The van der Waals surface area contributed by atoms with E-state index in [1.54, 1.807) is 30.3 Å². The first-order valence-electron chi connectivity index (χ1n) is 10.1. The molecule has 33 heavy (non-hydrogen) atoms. The van der Waals surface area contributed by atoms with Gasteiger partial charge < -0.3 is 32.0 Å². The molecule has 0 saturated carbocycles. The number of aldehydes is 1. The van der Waals surface area contributed by atoms with Gasteiger partial charge in [0.25, 0.3) is 0 Å². The molecule has 1 rings (SSSR count). The van der Waals surface area contributed by atoms with Crippen LogP contribution in [0.5, 0.6) is 0 Å². The van der Waals surface area contributed by atoms with Crippen LogP contribution in [0, 0.1) is 0 Å². The number of aliphatic imine (C=N–C) groups is 1. The van der Waals surface area contributed by atoms with Gasteiger partial charge in [0.05, 0.1) is 17.8 Å². The number of aliphatic hydroxyl groups excluding tert-OH is 1. The van der Waals surface area contributed by atoms with Crippen molar-refractivity contribution in [2.75, 3.05) is 13.7 Å². The number of hydrogen-bond donors (Lipinski definition) is 6. The molecule has 0 radical (unpaired) electrons.